The maximum absolute atomic E-state index is 4.37. The van der Waals surface area contributed by atoms with Gasteiger partial charge in [0.05, 0.1) is 17.6 Å². The van der Waals surface area contributed by atoms with E-state index in [9.17, 15) is 0 Å². The zero-order chi connectivity index (χ0) is 16.2. The SMILES string of the molecule is c1ccc(-n2cc(CN3CCCCC3c3cccnc3)nn2)cc1. The molecule has 1 aliphatic heterocycles. The molecule has 0 N–H and O–H groups in total. The van der Waals surface area contributed by atoms with Gasteiger partial charge in [-0.3, -0.25) is 9.88 Å². The summed E-state index contributed by atoms with van der Waals surface area (Å²) < 4.78 is 1.85. The summed E-state index contributed by atoms with van der Waals surface area (Å²) in [4.78, 5) is 6.79. The van der Waals surface area contributed by atoms with Crippen LogP contribution < -0.4 is 0 Å². The average molecular weight is 319 g/mol. The number of hydrogen-bond acceptors (Lipinski definition) is 4. The van der Waals surface area contributed by atoms with Gasteiger partial charge in [0.15, 0.2) is 0 Å². The van der Waals surface area contributed by atoms with E-state index in [0.29, 0.717) is 6.04 Å². The molecule has 2 aromatic heterocycles. The van der Waals surface area contributed by atoms with Gasteiger partial charge in [-0.1, -0.05) is 35.9 Å². The van der Waals surface area contributed by atoms with E-state index in [1.54, 1.807) is 0 Å². The average Bonchev–Trinajstić information content (AvgIpc) is 3.12. The number of pyridine rings is 1. The first-order valence-corrected chi connectivity index (χ1v) is 8.51. The Bertz CT molecular complexity index is 769. The molecule has 0 saturated carbocycles. The second kappa shape index (κ2) is 6.93. The molecule has 0 radical (unpaired) electrons. The third-order valence-electron chi connectivity index (χ3n) is 4.61. The second-order valence-corrected chi connectivity index (χ2v) is 6.26. The van der Waals surface area contributed by atoms with E-state index in [4.69, 9.17) is 0 Å². The highest BCUT2D eigenvalue weighted by Crippen LogP contribution is 2.31. The number of para-hydroxylation sites is 1. The van der Waals surface area contributed by atoms with Crippen LogP contribution in [0, 0.1) is 0 Å². The standard InChI is InChI=1S/C19H21N5/c1-2-8-18(9-3-1)24-15-17(21-22-24)14-23-12-5-4-10-19(23)16-7-6-11-20-13-16/h1-3,6-9,11,13,15,19H,4-5,10,12,14H2. The molecule has 3 heterocycles. The number of nitrogens with zero attached hydrogens (tertiary/aromatic N) is 5. The lowest BCUT2D eigenvalue weighted by Gasteiger charge is -2.35. The number of aromatic nitrogens is 4. The highest BCUT2D eigenvalue weighted by Gasteiger charge is 2.24. The Labute approximate surface area is 142 Å². The lowest BCUT2D eigenvalue weighted by atomic mass is 9.96. The van der Waals surface area contributed by atoms with E-state index >= 15 is 0 Å². The summed E-state index contributed by atoms with van der Waals surface area (Å²) in [6, 6.07) is 14.7. The third-order valence-corrected chi connectivity index (χ3v) is 4.61. The Morgan fingerprint density at radius 1 is 1.04 bits per heavy atom. The summed E-state index contributed by atoms with van der Waals surface area (Å²) in [5.74, 6) is 0. The first-order valence-electron chi connectivity index (χ1n) is 8.51. The monoisotopic (exact) mass is 319 g/mol. The minimum absolute atomic E-state index is 0.425. The van der Waals surface area contributed by atoms with E-state index in [1.165, 1.54) is 24.8 Å². The number of rotatable bonds is 4. The van der Waals surface area contributed by atoms with Crippen molar-refractivity contribution < 1.29 is 0 Å². The van der Waals surface area contributed by atoms with Crippen LogP contribution in [0.4, 0.5) is 0 Å². The molecule has 5 nitrogen and oxygen atoms in total. The molecule has 0 aliphatic carbocycles. The van der Waals surface area contributed by atoms with E-state index < -0.39 is 0 Å². The van der Waals surface area contributed by atoms with E-state index in [0.717, 1.165) is 24.5 Å². The molecular weight excluding hydrogens is 298 g/mol. The van der Waals surface area contributed by atoms with Crippen LogP contribution in [0.3, 0.4) is 0 Å². The molecule has 1 saturated heterocycles. The predicted molar refractivity (Wildman–Crippen MR) is 92.6 cm³/mol. The van der Waals surface area contributed by atoms with Crippen molar-refractivity contribution in [1.29, 1.82) is 0 Å². The Morgan fingerprint density at radius 2 is 1.96 bits per heavy atom. The molecule has 1 unspecified atom stereocenters. The van der Waals surface area contributed by atoms with Crippen molar-refractivity contribution in [2.24, 2.45) is 0 Å². The fourth-order valence-corrected chi connectivity index (χ4v) is 3.42. The van der Waals surface area contributed by atoms with Crippen molar-refractivity contribution in [3.8, 4) is 5.69 Å². The molecule has 24 heavy (non-hydrogen) atoms. The van der Waals surface area contributed by atoms with Crippen LogP contribution in [0.2, 0.25) is 0 Å². The van der Waals surface area contributed by atoms with E-state index in [-0.39, 0.29) is 0 Å². The van der Waals surface area contributed by atoms with Crippen molar-refractivity contribution in [2.45, 2.75) is 31.8 Å². The van der Waals surface area contributed by atoms with Crippen molar-refractivity contribution in [1.82, 2.24) is 24.9 Å². The fraction of sp³-hybridized carbons (Fsp3) is 0.316. The van der Waals surface area contributed by atoms with Gasteiger partial charge in [0.1, 0.15) is 0 Å². The van der Waals surface area contributed by atoms with Crippen LogP contribution in [0.15, 0.2) is 61.1 Å². The summed E-state index contributed by atoms with van der Waals surface area (Å²) in [5, 5.41) is 8.65. The zero-order valence-electron chi connectivity index (χ0n) is 13.6. The molecule has 1 atom stereocenters. The molecule has 1 aliphatic rings. The van der Waals surface area contributed by atoms with Gasteiger partial charge < -0.3 is 0 Å². The lowest BCUT2D eigenvalue weighted by molar-refractivity contribution is 0.138. The predicted octanol–water partition coefficient (Wildman–Crippen LogP) is 3.39. The van der Waals surface area contributed by atoms with Crippen molar-refractivity contribution >= 4 is 0 Å². The van der Waals surface area contributed by atoms with Crippen LogP contribution in [-0.2, 0) is 6.54 Å². The number of hydrogen-bond donors (Lipinski definition) is 0. The molecule has 0 amide bonds. The Balaban J connectivity index is 1.52. The highest BCUT2D eigenvalue weighted by molar-refractivity contribution is 5.30. The summed E-state index contributed by atoms with van der Waals surface area (Å²) in [6.45, 7) is 1.92. The molecular formula is C19H21N5. The molecule has 5 heteroatoms. The molecule has 3 aromatic rings. The van der Waals surface area contributed by atoms with Crippen molar-refractivity contribution in [3.05, 3.63) is 72.3 Å². The van der Waals surface area contributed by atoms with Crippen molar-refractivity contribution in [2.75, 3.05) is 6.54 Å². The second-order valence-electron chi connectivity index (χ2n) is 6.26. The minimum Gasteiger partial charge on any atom is -0.290 e. The lowest BCUT2D eigenvalue weighted by Crippen LogP contribution is -2.33. The summed E-state index contributed by atoms with van der Waals surface area (Å²) in [6.07, 6.45) is 9.55. The van der Waals surface area contributed by atoms with Crippen LogP contribution in [0.1, 0.15) is 36.6 Å². The smallest absolute Gasteiger partial charge is 0.0972 e. The van der Waals surface area contributed by atoms with Crippen LogP contribution in [0.5, 0.6) is 0 Å². The minimum atomic E-state index is 0.425. The fourth-order valence-electron chi connectivity index (χ4n) is 3.42. The third kappa shape index (κ3) is 3.21. The van der Waals surface area contributed by atoms with Gasteiger partial charge >= 0.3 is 0 Å². The number of likely N-dealkylation sites (tertiary alicyclic amines) is 1. The quantitative estimate of drug-likeness (QED) is 0.739. The molecule has 0 spiro atoms. The summed E-state index contributed by atoms with van der Waals surface area (Å²) in [7, 11) is 0. The summed E-state index contributed by atoms with van der Waals surface area (Å²) >= 11 is 0. The molecule has 1 fully saturated rings. The number of benzene rings is 1. The van der Waals surface area contributed by atoms with Gasteiger partial charge in [0.2, 0.25) is 0 Å². The normalized spacial score (nSPS) is 18.6. The van der Waals surface area contributed by atoms with Gasteiger partial charge in [-0.25, -0.2) is 4.68 Å². The topological polar surface area (TPSA) is 46.8 Å². The largest absolute Gasteiger partial charge is 0.290 e. The Kier molecular flexibility index (Phi) is 4.34. The highest BCUT2D eigenvalue weighted by atomic mass is 15.4. The maximum Gasteiger partial charge on any atom is 0.0972 e. The van der Waals surface area contributed by atoms with Crippen LogP contribution in [-0.4, -0.2) is 31.4 Å². The van der Waals surface area contributed by atoms with Gasteiger partial charge in [-0.2, -0.15) is 0 Å². The Morgan fingerprint density at radius 3 is 2.79 bits per heavy atom. The van der Waals surface area contributed by atoms with Crippen LogP contribution in [0.25, 0.3) is 5.69 Å². The Hall–Kier alpha value is -2.53. The molecule has 0 bridgehead atoms. The maximum atomic E-state index is 4.37. The first kappa shape index (κ1) is 15.0. The summed E-state index contributed by atoms with van der Waals surface area (Å²) in [5.41, 5.74) is 3.35. The zero-order valence-corrected chi connectivity index (χ0v) is 13.6. The van der Waals surface area contributed by atoms with E-state index in [1.807, 2.05) is 59.7 Å². The first-order chi connectivity index (χ1) is 11.9. The van der Waals surface area contributed by atoms with E-state index in [2.05, 4.69) is 26.3 Å². The molecule has 122 valence electrons. The van der Waals surface area contributed by atoms with Crippen LogP contribution >= 0.6 is 0 Å². The van der Waals surface area contributed by atoms with Crippen molar-refractivity contribution in [3.63, 3.8) is 0 Å². The van der Waals surface area contributed by atoms with Gasteiger partial charge in [-0.05, 0) is 43.1 Å². The van der Waals surface area contributed by atoms with Gasteiger partial charge in [-0.15, -0.1) is 5.10 Å². The number of piperidine rings is 1. The molecule has 1 aromatic carbocycles. The molecule has 4 rings (SSSR count). The van der Waals surface area contributed by atoms with Gasteiger partial charge in [0, 0.05) is 25.0 Å². The van der Waals surface area contributed by atoms with Gasteiger partial charge in [0.25, 0.3) is 0 Å².